The second-order valence-electron chi connectivity index (χ2n) is 6.09. The first-order chi connectivity index (χ1) is 11.4. The lowest BCUT2D eigenvalue weighted by molar-refractivity contribution is 0.645. The predicted octanol–water partition coefficient (Wildman–Crippen LogP) is 1.78. The molecule has 1 saturated heterocycles. The van der Waals surface area contributed by atoms with Crippen LogP contribution < -0.4 is 9.80 Å². The summed E-state index contributed by atoms with van der Waals surface area (Å²) in [5, 5.41) is 1.07. The van der Waals surface area contributed by atoms with Crippen molar-refractivity contribution in [1.29, 1.82) is 0 Å². The third-order valence-electron chi connectivity index (χ3n) is 4.52. The van der Waals surface area contributed by atoms with Crippen LogP contribution in [0.3, 0.4) is 0 Å². The van der Waals surface area contributed by atoms with Gasteiger partial charge in [0.15, 0.2) is 11.5 Å². The zero-order chi connectivity index (χ0) is 15.2. The van der Waals surface area contributed by atoms with Gasteiger partial charge in [-0.25, -0.2) is 15.0 Å². The summed E-state index contributed by atoms with van der Waals surface area (Å²) in [6.45, 7) is 3.75. The first-order valence-corrected chi connectivity index (χ1v) is 8.77. The maximum atomic E-state index is 4.72. The van der Waals surface area contributed by atoms with Crippen LogP contribution in [0.1, 0.15) is 24.6 Å². The fourth-order valence-electron chi connectivity index (χ4n) is 3.03. The number of piperazine rings is 1. The fourth-order valence-corrected chi connectivity index (χ4v) is 3.83. The lowest BCUT2D eigenvalue weighted by Gasteiger charge is -2.34. The summed E-state index contributed by atoms with van der Waals surface area (Å²) in [5.74, 6) is 2.65. The molecule has 4 heterocycles. The third kappa shape index (κ3) is 2.33. The molecule has 23 heavy (non-hydrogen) atoms. The molecule has 7 nitrogen and oxygen atoms in total. The molecule has 8 heteroatoms. The van der Waals surface area contributed by atoms with Crippen molar-refractivity contribution in [3.8, 4) is 0 Å². The molecule has 0 unspecified atom stereocenters. The Morgan fingerprint density at radius 1 is 0.957 bits per heavy atom. The average molecular weight is 327 g/mol. The van der Waals surface area contributed by atoms with Gasteiger partial charge >= 0.3 is 0 Å². The highest BCUT2D eigenvalue weighted by molar-refractivity contribution is 7.09. The molecule has 0 radical (unpaired) electrons. The van der Waals surface area contributed by atoms with Gasteiger partial charge in [-0.3, -0.25) is 0 Å². The van der Waals surface area contributed by atoms with Crippen molar-refractivity contribution in [2.45, 2.75) is 18.8 Å². The Balaban J connectivity index is 1.32. The topological polar surface area (TPSA) is 62.5 Å². The summed E-state index contributed by atoms with van der Waals surface area (Å²) in [6.07, 6.45) is 10.1. The molecule has 0 spiro atoms. The minimum Gasteiger partial charge on any atom is -0.350 e. The molecule has 0 atom stereocenters. The maximum Gasteiger partial charge on any atom is 0.205 e. The van der Waals surface area contributed by atoms with Gasteiger partial charge in [-0.15, -0.1) is 0 Å². The van der Waals surface area contributed by atoms with Crippen LogP contribution in [0.25, 0.3) is 5.65 Å². The highest BCUT2D eigenvalue weighted by atomic mass is 32.1. The smallest absolute Gasteiger partial charge is 0.205 e. The van der Waals surface area contributed by atoms with Gasteiger partial charge in [-0.2, -0.15) is 4.37 Å². The summed E-state index contributed by atoms with van der Waals surface area (Å²) in [6, 6.07) is 0. The van der Waals surface area contributed by atoms with Crippen LogP contribution in [-0.4, -0.2) is 49.9 Å². The van der Waals surface area contributed by atoms with E-state index in [-0.39, 0.29) is 0 Å². The summed E-state index contributed by atoms with van der Waals surface area (Å²) in [4.78, 5) is 18.3. The lowest BCUT2D eigenvalue weighted by atomic mass is 10.3. The van der Waals surface area contributed by atoms with Crippen molar-refractivity contribution < 1.29 is 0 Å². The van der Waals surface area contributed by atoms with E-state index in [4.69, 9.17) is 4.98 Å². The maximum absolute atomic E-state index is 4.72. The summed E-state index contributed by atoms with van der Waals surface area (Å²) < 4.78 is 6.53. The van der Waals surface area contributed by atoms with Crippen LogP contribution in [0, 0.1) is 0 Å². The van der Waals surface area contributed by atoms with Crippen molar-refractivity contribution in [2.24, 2.45) is 0 Å². The van der Waals surface area contributed by atoms with Gasteiger partial charge in [0.25, 0.3) is 0 Å². The van der Waals surface area contributed by atoms with E-state index in [0.29, 0.717) is 5.92 Å². The van der Waals surface area contributed by atoms with E-state index < -0.39 is 0 Å². The third-order valence-corrected chi connectivity index (χ3v) is 5.31. The minimum absolute atomic E-state index is 0.628. The minimum atomic E-state index is 0.628. The Morgan fingerprint density at radius 2 is 1.70 bits per heavy atom. The Kier molecular flexibility index (Phi) is 2.97. The molecule has 1 aliphatic carbocycles. The zero-order valence-corrected chi connectivity index (χ0v) is 13.5. The highest BCUT2D eigenvalue weighted by Crippen LogP contribution is 2.39. The van der Waals surface area contributed by atoms with Gasteiger partial charge in [-0.1, -0.05) is 0 Å². The van der Waals surface area contributed by atoms with Gasteiger partial charge in [0.1, 0.15) is 5.82 Å². The van der Waals surface area contributed by atoms with Crippen molar-refractivity contribution in [3.05, 3.63) is 30.6 Å². The average Bonchev–Trinajstić information content (AvgIpc) is 3.13. The molecule has 2 aliphatic rings. The van der Waals surface area contributed by atoms with E-state index in [9.17, 15) is 0 Å². The van der Waals surface area contributed by atoms with E-state index >= 15 is 0 Å². The van der Waals surface area contributed by atoms with E-state index in [2.05, 4.69) is 24.1 Å². The quantitative estimate of drug-likeness (QED) is 0.731. The molecule has 118 valence electrons. The van der Waals surface area contributed by atoms with Crippen molar-refractivity contribution >= 4 is 28.1 Å². The van der Waals surface area contributed by atoms with Crippen LogP contribution >= 0.6 is 11.5 Å². The largest absolute Gasteiger partial charge is 0.350 e. The summed E-state index contributed by atoms with van der Waals surface area (Å²) >= 11 is 1.54. The van der Waals surface area contributed by atoms with E-state index in [1.807, 2.05) is 29.2 Å². The van der Waals surface area contributed by atoms with Crippen LogP contribution in [-0.2, 0) is 0 Å². The van der Waals surface area contributed by atoms with Crippen molar-refractivity contribution in [1.82, 2.24) is 23.7 Å². The van der Waals surface area contributed by atoms with Crippen LogP contribution in [0.4, 0.5) is 10.9 Å². The molecule has 1 aliphatic heterocycles. The van der Waals surface area contributed by atoms with E-state index in [1.54, 1.807) is 0 Å². The SMILES string of the molecule is c1cn2ccnc2c(N2CCN(c3nc(C4CC4)ns3)CC2)n1. The molecule has 0 aromatic carbocycles. The molecule has 0 N–H and O–H groups in total. The van der Waals surface area contributed by atoms with Crippen LogP contribution in [0.2, 0.25) is 0 Å². The molecule has 0 bridgehead atoms. The zero-order valence-electron chi connectivity index (χ0n) is 12.7. The van der Waals surface area contributed by atoms with Crippen molar-refractivity contribution in [3.63, 3.8) is 0 Å². The first-order valence-electron chi connectivity index (χ1n) is 8.00. The van der Waals surface area contributed by atoms with Gasteiger partial charge in [0.2, 0.25) is 5.13 Å². The molecule has 0 amide bonds. The Hall–Kier alpha value is -2.22. The van der Waals surface area contributed by atoms with Gasteiger partial charge in [0, 0.05) is 68.4 Å². The number of imidazole rings is 1. The number of hydrogen-bond donors (Lipinski definition) is 0. The standard InChI is InChI=1S/C15H17N7S/c1-2-11(1)12-18-15(23-19-12)22-9-7-21(8-10-22)14-13-16-3-5-20(13)6-4-17-14/h3-6,11H,1-2,7-10H2. The van der Waals surface area contributed by atoms with Crippen LogP contribution in [0.5, 0.6) is 0 Å². The number of rotatable bonds is 3. The van der Waals surface area contributed by atoms with Gasteiger partial charge < -0.3 is 14.2 Å². The molecule has 1 saturated carbocycles. The monoisotopic (exact) mass is 327 g/mol. The molecule has 2 fully saturated rings. The normalized spacial score (nSPS) is 18.8. The highest BCUT2D eigenvalue weighted by Gasteiger charge is 2.29. The second kappa shape index (κ2) is 5.16. The summed E-state index contributed by atoms with van der Waals surface area (Å²) in [5.41, 5.74) is 0.924. The fraction of sp³-hybridized carbons (Fsp3) is 0.467. The number of anilines is 2. The molecule has 3 aromatic heterocycles. The molecule has 5 rings (SSSR count). The number of hydrogen-bond acceptors (Lipinski definition) is 7. The lowest BCUT2D eigenvalue weighted by Crippen LogP contribution is -2.47. The Morgan fingerprint density at radius 3 is 2.48 bits per heavy atom. The van der Waals surface area contributed by atoms with E-state index in [0.717, 1.165) is 48.6 Å². The first kappa shape index (κ1) is 13.2. The molecular weight excluding hydrogens is 310 g/mol. The Bertz CT molecular complexity index is 829. The summed E-state index contributed by atoms with van der Waals surface area (Å²) in [7, 11) is 0. The number of aromatic nitrogens is 5. The van der Waals surface area contributed by atoms with Gasteiger partial charge in [0.05, 0.1) is 0 Å². The Labute approximate surface area is 137 Å². The van der Waals surface area contributed by atoms with Crippen LogP contribution in [0.15, 0.2) is 24.8 Å². The molecular formula is C15H17N7S. The van der Waals surface area contributed by atoms with E-state index in [1.165, 1.54) is 24.4 Å². The predicted molar refractivity (Wildman–Crippen MR) is 89.3 cm³/mol. The van der Waals surface area contributed by atoms with Gasteiger partial charge in [-0.05, 0) is 12.8 Å². The number of fused-ring (bicyclic) bond motifs is 1. The van der Waals surface area contributed by atoms with Crippen molar-refractivity contribution in [2.75, 3.05) is 36.0 Å². The number of nitrogens with zero attached hydrogens (tertiary/aromatic N) is 7. The second-order valence-corrected chi connectivity index (χ2v) is 6.82. The molecule has 3 aromatic rings.